The van der Waals surface area contributed by atoms with Gasteiger partial charge in [-0.05, 0) is 49.6 Å². The lowest BCUT2D eigenvalue weighted by Gasteiger charge is -2.16. The topological polar surface area (TPSA) is 48.4 Å². The highest BCUT2D eigenvalue weighted by molar-refractivity contribution is 5.45. The molecule has 1 atom stereocenters. The van der Waals surface area contributed by atoms with Crippen molar-refractivity contribution in [1.29, 1.82) is 0 Å². The maximum Gasteiger partial charge on any atom is 0.122 e. The largest absolute Gasteiger partial charge is 0.496 e. The standard InChI is InChI=1S/C15H19NO2/c1-9-6-14(17-4)10(2)5-13(9)15(16)12-7-11(3)18-8-12/h5-8,15H,16H2,1-4H3. The monoisotopic (exact) mass is 245 g/mol. The van der Waals surface area contributed by atoms with Crippen LogP contribution in [0.3, 0.4) is 0 Å². The number of nitrogens with two attached hydrogens (primary N) is 1. The van der Waals surface area contributed by atoms with E-state index in [2.05, 4.69) is 6.07 Å². The summed E-state index contributed by atoms with van der Waals surface area (Å²) in [6.45, 7) is 5.99. The second kappa shape index (κ2) is 4.86. The van der Waals surface area contributed by atoms with Crippen molar-refractivity contribution in [3.05, 3.63) is 52.5 Å². The Labute approximate surface area is 108 Å². The second-order valence-corrected chi connectivity index (χ2v) is 4.65. The molecule has 2 rings (SSSR count). The molecular formula is C15H19NO2. The van der Waals surface area contributed by atoms with Crippen LogP contribution in [0.15, 0.2) is 28.9 Å². The van der Waals surface area contributed by atoms with Gasteiger partial charge in [-0.3, -0.25) is 0 Å². The normalized spacial score (nSPS) is 12.5. The summed E-state index contributed by atoms with van der Waals surface area (Å²) in [7, 11) is 1.68. The van der Waals surface area contributed by atoms with Gasteiger partial charge in [-0.1, -0.05) is 6.07 Å². The molecule has 0 spiro atoms. The Morgan fingerprint density at radius 1 is 1.11 bits per heavy atom. The molecule has 1 aromatic heterocycles. The molecule has 1 heterocycles. The quantitative estimate of drug-likeness (QED) is 0.902. The number of benzene rings is 1. The molecule has 18 heavy (non-hydrogen) atoms. The van der Waals surface area contributed by atoms with Gasteiger partial charge in [0.15, 0.2) is 0 Å². The summed E-state index contributed by atoms with van der Waals surface area (Å²) < 4.78 is 10.6. The van der Waals surface area contributed by atoms with Crippen molar-refractivity contribution in [3.63, 3.8) is 0 Å². The summed E-state index contributed by atoms with van der Waals surface area (Å²) in [5.41, 5.74) is 10.6. The Kier molecular flexibility index (Phi) is 3.43. The Morgan fingerprint density at radius 2 is 1.83 bits per heavy atom. The van der Waals surface area contributed by atoms with Crippen molar-refractivity contribution < 1.29 is 9.15 Å². The fourth-order valence-electron chi connectivity index (χ4n) is 2.17. The van der Waals surface area contributed by atoms with Gasteiger partial charge in [0, 0.05) is 5.56 Å². The van der Waals surface area contributed by atoms with E-state index in [4.69, 9.17) is 14.9 Å². The third-order valence-corrected chi connectivity index (χ3v) is 3.23. The first-order chi connectivity index (χ1) is 8.52. The van der Waals surface area contributed by atoms with Crippen LogP contribution in [0, 0.1) is 20.8 Å². The maximum absolute atomic E-state index is 6.29. The summed E-state index contributed by atoms with van der Waals surface area (Å²) in [6, 6.07) is 5.93. The molecule has 0 aliphatic rings. The van der Waals surface area contributed by atoms with Crippen molar-refractivity contribution in [2.75, 3.05) is 7.11 Å². The van der Waals surface area contributed by atoms with Crippen molar-refractivity contribution in [1.82, 2.24) is 0 Å². The molecule has 1 aromatic carbocycles. The Hall–Kier alpha value is -1.74. The van der Waals surface area contributed by atoms with Gasteiger partial charge in [0.05, 0.1) is 19.4 Å². The number of hydrogen-bond acceptors (Lipinski definition) is 3. The lowest BCUT2D eigenvalue weighted by molar-refractivity contribution is 0.411. The number of furan rings is 1. The summed E-state index contributed by atoms with van der Waals surface area (Å²) in [4.78, 5) is 0. The summed E-state index contributed by atoms with van der Waals surface area (Å²) in [5, 5.41) is 0. The third kappa shape index (κ3) is 2.27. The first-order valence-corrected chi connectivity index (χ1v) is 5.98. The average molecular weight is 245 g/mol. The zero-order chi connectivity index (χ0) is 13.3. The van der Waals surface area contributed by atoms with E-state index < -0.39 is 0 Å². The number of methoxy groups -OCH3 is 1. The van der Waals surface area contributed by atoms with Gasteiger partial charge < -0.3 is 14.9 Å². The van der Waals surface area contributed by atoms with E-state index in [-0.39, 0.29) is 6.04 Å². The van der Waals surface area contributed by atoms with Crippen LogP contribution in [0.25, 0.3) is 0 Å². The molecule has 0 saturated carbocycles. The zero-order valence-electron chi connectivity index (χ0n) is 11.3. The molecule has 0 amide bonds. The Morgan fingerprint density at radius 3 is 2.39 bits per heavy atom. The minimum Gasteiger partial charge on any atom is -0.496 e. The van der Waals surface area contributed by atoms with Crippen LogP contribution >= 0.6 is 0 Å². The fourth-order valence-corrected chi connectivity index (χ4v) is 2.17. The lowest BCUT2D eigenvalue weighted by Crippen LogP contribution is -2.13. The van der Waals surface area contributed by atoms with E-state index in [9.17, 15) is 0 Å². The fraction of sp³-hybridized carbons (Fsp3) is 0.333. The number of ether oxygens (including phenoxy) is 1. The van der Waals surface area contributed by atoms with E-state index in [1.165, 1.54) is 0 Å². The highest BCUT2D eigenvalue weighted by Crippen LogP contribution is 2.29. The van der Waals surface area contributed by atoms with Gasteiger partial charge in [0.2, 0.25) is 0 Å². The van der Waals surface area contributed by atoms with E-state index >= 15 is 0 Å². The van der Waals surface area contributed by atoms with Crippen LogP contribution in [-0.2, 0) is 0 Å². The highest BCUT2D eigenvalue weighted by Gasteiger charge is 2.15. The molecule has 0 bridgehead atoms. The lowest BCUT2D eigenvalue weighted by atomic mass is 9.95. The molecule has 2 aromatic rings. The van der Waals surface area contributed by atoms with Crippen LogP contribution in [0.2, 0.25) is 0 Å². The predicted octanol–water partition coefficient (Wildman–Crippen LogP) is 3.26. The van der Waals surface area contributed by atoms with Crippen molar-refractivity contribution in [3.8, 4) is 5.75 Å². The van der Waals surface area contributed by atoms with E-state index in [1.807, 2.05) is 32.9 Å². The molecule has 1 unspecified atom stereocenters. The van der Waals surface area contributed by atoms with Crippen LogP contribution in [0.1, 0.15) is 34.1 Å². The number of hydrogen-bond donors (Lipinski definition) is 1. The van der Waals surface area contributed by atoms with E-state index in [1.54, 1.807) is 13.4 Å². The van der Waals surface area contributed by atoms with E-state index in [0.717, 1.165) is 33.8 Å². The zero-order valence-corrected chi connectivity index (χ0v) is 11.3. The molecular weight excluding hydrogens is 226 g/mol. The molecule has 0 radical (unpaired) electrons. The van der Waals surface area contributed by atoms with Crippen LogP contribution < -0.4 is 10.5 Å². The molecule has 0 fully saturated rings. The Bertz CT molecular complexity index is 558. The smallest absolute Gasteiger partial charge is 0.122 e. The SMILES string of the molecule is COc1cc(C)c(C(N)c2coc(C)c2)cc1C. The van der Waals surface area contributed by atoms with Gasteiger partial charge >= 0.3 is 0 Å². The van der Waals surface area contributed by atoms with Gasteiger partial charge in [-0.25, -0.2) is 0 Å². The summed E-state index contributed by atoms with van der Waals surface area (Å²) in [5.74, 6) is 1.77. The molecule has 0 saturated heterocycles. The van der Waals surface area contributed by atoms with Crippen molar-refractivity contribution in [2.24, 2.45) is 5.73 Å². The minimum atomic E-state index is -0.160. The predicted molar refractivity (Wildman–Crippen MR) is 71.9 cm³/mol. The summed E-state index contributed by atoms with van der Waals surface area (Å²) in [6.07, 6.45) is 1.72. The van der Waals surface area contributed by atoms with Crippen molar-refractivity contribution in [2.45, 2.75) is 26.8 Å². The van der Waals surface area contributed by atoms with Crippen molar-refractivity contribution >= 4 is 0 Å². The second-order valence-electron chi connectivity index (χ2n) is 4.65. The highest BCUT2D eigenvalue weighted by atomic mass is 16.5. The molecule has 96 valence electrons. The van der Waals surface area contributed by atoms with Crippen LogP contribution in [-0.4, -0.2) is 7.11 Å². The molecule has 3 nitrogen and oxygen atoms in total. The third-order valence-electron chi connectivity index (χ3n) is 3.23. The minimum absolute atomic E-state index is 0.160. The van der Waals surface area contributed by atoms with Gasteiger partial charge in [-0.15, -0.1) is 0 Å². The maximum atomic E-state index is 6.29. The molecule has 2 N–H and O–H groups in total. The van der Waals surface area contributed by atoms with Crippen LogP contribution in [0.4, 0.5) is 0 Å². The number of aryl methyl sites for hydroxylation is 3. The molecule has 0 aliphatic carbocycles. The van der Waals surface area contributed by atoms with Gasteiger partial charge in [-0.2, -0.15) is 0 Å². The Balaban J connectivity index is 2.42. The van der Waals surface area contributed by atoms with E-state index in [0.29, 0.717) is 0 Å². The average Bonchev–Trinajstić information content (AvgIpc) is 2.77. The van der Waals surface area contributed by atoms with Crippen LogP contribution in [0.5, 0.6) is 5.75 Å². The van der Waals surface area contributed by atoms with Gasteiger partial charge in [0.1, 0.15) is 11.5 Å². The molecule has 3 heteroatoms. The number of rotatable bonds is 3. The first-order valence-electron chi connectivity index (χ1n) is 5.98. The molecule has 0 aliphatic heterocycles. The van der Waals surface area contributed by atoms with Gasteiger partial charge in [0.25, 0.3) is 0 Å². The first kappa shape index (κ1) is 12.7. The summed E-state index contributed by atoms with van der Waals surface area (Å²) >= 11 is 0.